The number of carboxylic acid groups (broad SMARTS) is 1. The molecule has 76 valence electrons. The second kappa shape index (κ2) is 3.79. The maximum atomic E-state index is 11.0. The third-order valence-corrected chi connectivity index (χ3v) is 2.64. The number of nitrogens with one attached hydrogen (secondary N) is 2. The monoisotopic (exact) mass is 195 g/mol. The average molecular weight is 195 g/mol. The number of aliphatic carboxylic acids is 1. The molecule has 5 nitrogen and oxygen atoms in total. The standard InChI is InChI=1S/C9H13N3O2/c13-9(14)8-6(2-1-3-11-8)7-4-10-5-12-7/h4-6,8,11H,1-3H2,(H,10,12)(H,13,14). The largest absolute Gasteiger partial charge is 0.480 e. The van der Waals surface area contributed by atoms with Gasteiger partial charge < -0.3 is 15.4 Å². The van der Waals surface area contributed by atoms with Gasteiger partial charge in [0, 0.05) is 17.8 Å². The third kappa shape index (κ3) is 1.63. The molecule has 0 radical (unpaired) electrons. The highest BCUT2D eigenvalue weighted by atomic mass is 16.4. The highest BCUT2D eigenvalue weighted by molar-refractivity contribution is 5.75. The van der Waals surface area contributed by atoms with Crippen molar-refractivity contribution in [2.75, 3.05) is 6.54 Å². The van der Waals surface area contributed by atoms with Crippen molar-refractivity contribution in [2.24, 2.45) is 0 Å². The van der Waals surface area contributed by atoms with Gasteiger partial charge in [0.1, 0.15) is 6.04 Å². The number of piperidine rings is 1. The van der Waals surface area contributed by atoms with Crippen LogP contribution in [-0.2, 0) is 4.79 Å². The van der Waals surface area contributed by atoms with Crippen molar-refractivity contribution in [1.29, 1.82) is 0 Å². The molecule has 0 aliphatic carbocycles. The maximum absolute atomic E-state index is 11.0. The number of carbonyl (C=O) groups is 1. The lowest BCUT2D eigenvalue weighted by molar-refractivity contribution is -0.140. The molecular formula is C9H13N3O2. The van der Waals surface area contributed by atoms with Crippen LogP contribution in [0.3, 0.4) is 0 Å². The Morgan fingerprint density at radius 2 is 2.50 bits per heavy atom. The minimum atomic E-state index is -0.788. The van der Waals surface area contributed by atoms with Gasteiger partial charge in [0.05, 0.1) is 6.33 Å². The van der Waals surface area contributed by atoms with E-state index in [-0.39, 0.29) is 5.92 Å². The lowest BCUT2D eigenvalue weighted by atomic mass is 9.88. The highest BCUT2D eigenvalue weighted by Crippen LogP contribution is 2.26. The Balaban J connectivity index is 2.18. The fourth-order valence-electron chi connectivity index (χ4n) is 1.95. The molecule has 0 saturated carbocycles. The molecule has 1 saturated heterocycles. The molecule has 0 bridgehead atoms. The second-order valence-corrected chi connectivity index (χ2v) is 3.53. The van der Waals surface area contributed by atoms with E-state index in [4.69, 9.17) is 5.11 Å². The van der Waals surface area contributed by atoms with Crippen molar-refractivity contribution in [2.45, 2.75) is 24.8 Å². The van der Waals surface area contributed by atoms with Crippen molar-refractivity contribution in [3.05, 3.63) is 18.2 Å². The van der Waals surface area contributed by atoms with Gasteiger partial charge in [-0.05, 0) is 19.4 Å². The van der Waals surface area contributed by atoms with E-state index in [2.05, 4.69) is 15.3 Å². The Labute approximate surface area is 81.5 Å². The Hall–Kier alpha value is -1.36. The van der Waals surface area contributed by atoms with Gasteiger partial charge in [-0.2, -0.15) is 0 Å². The van der Waals surface area contributed by atoms with Crippen LogP contribution in [0, 0.1) is 0 Å². The summed E-state index contributed by atoms with van der Waals surface area (Å²) in [5, 5.41) is 12.0. The number of hydrogen-bond acceptors (Lipinski definition) is 3. The van der Waals surface area contributed by atoms with Crippen LogP contribution >= 0.6 is 0 Å². The van der Waals surface area contributed by atoms with Crippen LogP contribution in [0.4, 0.5) is 0 Å². The van der Waals surface area contributed by atoms with Gasteiger partial charge >= 0.3 is 5.97 Å². The predicted octanol–water partition coefficient (Wildman–Crippen LogP) is 0.330. The fraction of sp³-hybridized carbons (Fsp3) is 0.556. The molecular weight excluding hydrogens is 182 g/mol. The second-order valence-electron chi connectivity index (χ2n) is 3.53. The lowest BCUT2D eigenvalue weighted by Gasteiger charge is -2.28. The number of aromatic nitrogens is 2. The number of imidazole rings is 1. The first-order chi connectivity index (χ1) is 6.79. The van der Waals surface area contributed by atoms with Gasteiger partial charge in [-0.3, -0.25) is 4.79 Å². The van der Waals surface area contributed by atoms with E-state index in [9.17, 15) is 4.79 Å². The summed E-state index contributed by atoms with van der Waals surface area (Å²) in [5.41, 5.74) is 0.907. The summed E-state index contributed by atoms with van der Waals surface area (Å²) in [5.74, 6) is -0.770. The van der Waals surface area contributed by atoms with Crippen molar-refractivity contribution < 1.29 is 9.90 Å². The first-order valence-electron chi connectivity index (χ1n) is 4.73. The molecule has 1 aliphatic heterocycles. The number of rotatable bonds is 2. The number of aromatic amines is 1. The molecule has 14 heavy (non-hydrogen) atoms. The minimum Gasteiger partial charge on any atom is -0.480 e. The van der Waals surface area contributed by atoms with Crippen LogP contribution in [0.25, 0.3) is 0 Å². The van der Waals surface area contributed by atoms with E-state index in [1.807, 2.05) is 0 Å². The number of hydrogen-bond donors (Lipinski definition) is 3. The van der Waals surface area contributed by atoms with E-state index in [1.54, 1.807) is 12.5 Å². The average Bonchev–Trinajstić information content (AvgIpc) is 2.70. The molecule has 2 heterocycles. The summed E-state index contributed by atoms with van der Waals surface area (Å²) in [4.78, 5) is 17.9. The van der Waals surface area contributed by atoms with Crippen LogP contribution < -0.4 is 5.32 Å². The molecule has 5 heteroatoms. The molecule has 3 N–H and O–H groups in total. The molecule has 0 spiro atoms. The molecule has 1 fully saturated rings. The molecule has 0 amide bonds. The summed E-state index contributed by atoms with van der Waals surface area (Å²) in [6.45, 7) is 0.779. The van der Waals surface area contributed by atoms with Crippen LogP contribution in [0.1, 0.15) is 24.5 Å². The molecule has 1 aromatic rings. The van der Waals surface area contributed by atoms with Crippen molar-refractivity contribution >= 4 is 5.97 Å². The number of nitrogens with zero attached hydrogens (tertiary/aromatic N) is 1. The predicted molar refractivity (Wildman–Crippen MR) is 50.0 cm³/mol. The fourth-order valence-corrected chi connectivity index (χ4v) is 1.95. The molecule has 2 rings (SSSR count). The van der Waals surface area contributed by atoms with E-state index >= 15 is 0 Å². The molecule has 2 atom stereocenters. The lowest BCUT2D eigenvalue weighted by Crippen LogP contribution is -2.45. The zero-order chi connectivity index (χ0) is 9.97. The van der Waals surface area contributed by atoms with Gasteiger partial charge in [-0.25, -0.2) is 4.98 Å². The molecule has 1 aliphatic rings. The van der Waals surface area contributed by atoms with Crippen molar-refractivity contribution in [3.8, 4) is 0 Å². The maximum Gasteiger partial charge on any atom is 0.321 e. The summed E-state index contributed by atoms with van der Waals surface area (Å²) >= 11 is 0. The van der Waals surface area contributed by atoms with E-state index in [0.29, 0.717) is 0 Å². The van der Waals surface area contributed by atoms with Crippen LogP contribution in [0.2, 0.25) is 0 Å². The van der Waals surface area contributed by atoms with Crippen LogP contribution in [-0.4, -0.2) is 33.6 Å². The SMILES string of the molecule is O=C(O)C1NCCCC1c1cnc[nH]1. The Morgan fingerprint density at radius 3 is 3.14 bits per heavy atom. The summed E-state index contributed by atoms with van der Waals surface area (Å²) in [6.07, 6.45) is 5.19. The minimum absolute atomic E-state index is 0.0174. The normalized spacial score (nSPS) is 27.4. The zero-order valence-corrected chi connectivity index (χ0v) is 7.73. The Bertz CT molecular complexity index is 310. The number of carboxylic acids is 1. The van der Waals surface area contributed by atoms with Gasteiger partial charge in [-0.1, -0.05) is 0 Å². The molecule has 0 aromatic carbocycles. The first-order valence-corrected chi connectivity index (χ1v) is 4.73. The Kier molecular flexibility index (Phi) is 2.49. The first kappa shape index (κ1) is 9.21. The van der Waals surface area contributed by atoms with Crippen LogP contribution in [0.15, 0.2) is 12.5 Å². The van der Waals surface area contributed by atoms with Crippen molar-refractivity contribution in [3.63, 3.8) is 0 Å². The smallest absolute Gasteiger partial charge is 0.321 e. The van der Waals surface area contributed by atoms with E-state index in [0.717, 1.165) is 25.1 Å². The topological polar surface area (TPSA) is 78.0 Å². The van der Waals surface area contributed by atoms with Gasteiger partial charge in [0.15, 0.2) is 0 Å². The quantitative estimate of drug-likeness (QED) is 0.635. The highest BCUT2D eigenvalue weighted by Gasteiger charge is 2.32. The molecule has 1 aromatic heterocycles. The van der Waals surface area contributed by atoms with E-state index < -0.39 is 12.0 Å². The van der Waals surface area contributed by atoms with Crippen LogP contribution in [0.5, 0.6) is 0 Å². The zero-order valence-electron chi connectivity index (χ0n) is 7.73. The van der Waals surface area contributed by atoms with Gasteiger partial charge in [-0.15, -0.1) is 0 Å². The van der Waals surface area contributed by atoms with E-state index in [1.165, 1.54) is 0 Å². The summed E-state index contributed by atoms with van der Waals surface area (Å²) < 4.78 is 0. The Morgan fingerprint density at radius 1 is 1.64 bits per heavy atom. The molecule has 2 unspecified atom stereocenters. The summed E-state index contributed by atoms with van der Waals surface area (Å²) in [7, 11) is 0. The third-order valence-electron chi connectivity index (χ3n) is 2.64. The number of H-pyrrole nitrogens is 1. The summed E-state index contributed by atoms with van der Waals surface area (Å²) in [6, 6.07) is -0.482. The van der Waals surface area contributed by atoms with Crippen molar-refractivity contribution in [1.82, 2.24) is 15.3 Å². The van der Waals surface area contributed by atoms with Gasteiger partial charge in [0.2, 0.25) is 0 Å². The van der Waals surface area contributed by atoms with Gasteiger partial charge in [0.25, 0.3) is 0 Å².